The second-order valence-electron chi connectivity index (χ2n) is 6.69. The number of hydrogen-bond donors (Lipinski definition) is 1. The van der Waals surface area contributed by atoms with Crippen molar-refractivity contribution in [2.24, 2.45) is 0 Å². The minimum atomic E-state index is -0.410. The van der Waals surface area contributed by atoms with Gasteiger partial charge in [-0.3, -0.25) is 14.0 Å². The Labute approximate surface area is 170 Å². The zero-order chi connectivity index (χ0) is 20.8. The number of ether oxygens (including phenoxy) is 1. The second kappa shape index (κ2) is 9.23. The van der Waals surface area contributed by atoms with Crippen molar-refractivity contribution in [3.8, 4) is 5.75 Å². The predicted molar refractivity (Wildman–Crippen MR) is 113 cm³/mol. The van der Waals surface area contributed by atoms with Gasteiger partial charge in [0, 0.05) is 19.3 Å². The van der Waals surface area contributed by atoms with Gasteiger partial charge >= 0.3 is 0 Å². The number of methoxy groups -OCH3 is 1. The number of nitrogens with zero attached hydrogens (tertiary/aromatic N) is 3. The number of carbonyl (C=O) groups is 2. The maximum absolute atomic E-state index is 13.1. The molecule has 7 heteroatoms. The van der Waals surface area contributed by atoms with Gasteiger partial charge in [-0.1, -0.05) is 32.0 Å². The molecule has 1 aromatic carbocycles. The summed E-state index contributed by atoms with van der Waals surface area (Å²) in [5, 5.41) is 2.83. The van der Waals surface area contributed by atoms with E-state index in [0.717, 1.165) is 12.8 Å². The van der Waals surface area contributed by atoms with E-state index in [0.29, 0.717) is 30.0 Å². The van der Waals surface area contributed by atoms with E-state index in [-0.39, 0.29) is 17.4 Å². The zero-order valence-electron chi connectivity index (χ0n) is 17.0. The molecule has 3 rings (SSSR count). The first-order chi connectivity index (χ1) is 14.1. The zero-order valence-corrected chi connectivity index (χ0v) is 17.0. The van der Waals surface area contributed by atoms with Crippen molar-refractivity contribution in [1.82, 2.24) is 14.3 Å². The number of pyridine rings is 1. The van der Waals surface area contributed by atoms with Gasteiger partial charge in [-0.25, -0.2) is 4.98 Å². The summed E-state index contributed by atoms with van der Waals surface area (Å²) >= 11 is 0. The van der Waals surface area contributed by atoms with Gasteiger partial charge in [-0.05, 0) is 37.1 Å². The summed E-state index contributed by atoms with van der Waals surface area (Å²) in [6.45, 7) is 5.38. The van der Waals surface area contributed by atoms with Crippen LogP contribution in [0.4, 0.5) is 5.69 Å². The van der Waals surface area contributed by atoms with E-state index < -0.39 is 5.91 Å². The van der Waals surface area contributed by atoms with Gasteiger partial charge in [-0.2, -0.15) is 0 Å². The number of hydrogen-bond acceptors (Lipinski definition) is 4. The third-order valence-electron chi connectivity index (χ3n) is 4.58. The van der Waals surface area contributed by atoms with E-state index in [2.05, 4.69) is 10.3 Å². The normalized spacial score (nSPS) is 10.7. The molecule has 2 amide bonds. The van der Waals surface area contributed by atoms with E-state index in [1.807, 2.05) is 32.0 Å². The number of anilines is 1. The molecule has 0 bridgehead atoms. The van der Waals surface area contributed by atoms with Crippen LogP contribution in [-0.4, -0.2) is 46.3 Å². The van der Waals surface area contributed by atoms with Crippen LogP contribution < -0.4 is 10.1 Å². The molecule has 2 aromatic heterocycles. The molecule has 152 valence electrons. The lowest BCUT2D eigenvalue weighted by atomic mass is 10.2. The Kier molecular flexibility index (Phi) is 6.49. The second-order valence-corrected chi connectivity index (χ2v) is 6.69. The first-order valence-electron chi connectivity index (χ1n) is 9.81. The highest BCUT2D eigenvalue weighted by Gasteiger charge is 2.25. The maximum Gasteiger partial charge on any atom is 0.292 e. The Morgan fingerprint density at radius 2 is 1.76 bits per heavy atom. The van der Waals surface area contributed by atoms with Crippen LogP contribution in [0.25, 0.3) is 5.52 Å². The lowest BCUT2D eigenvalue weighted by Crippen LogP contribution is -2.33. The summed E-state index contributed by atoms with van der Waals surface area (Å²) in [4.78, 5) is 32.3. The topological polar surface area (TPSA) is 75.9 Å². The quantitative estimate of drug-likeness (QED) is 0.629. The van der Waals surface area contributed by atoms with Gasteiger partial charge in [-0.15, -0.1) is 0 Å². The summed E-state index contributed by atoms with van der Waals surface area (Å²) < 4.78 is 6.94. The number of nitrogens with one attached hydrogen (secondary N) is 1. The van der Waals surface area contributed by atoms with Crippen molar-refractivity contribution in [3.63, 3.8) is 0 Å². The molecule has 0 saturated heterocycles. The molecule has 7 nitrogen and oxygen atoms in total. The fourth-order valence-corrected chi connectivity index (χ4v) is 3.29. The Morgan fingerprint density at radius 3 is 2.45 bits per heavy atom. The number of aromatic nitrogens is 2. The average molecular weight is 394 g/mol. The molecule has 29 heavy (non-hydrogen) atoms. The van der Waals surface area contributed by atoms with Gasteiger partial charge in [0.25, 0.3) is 11.8 Å². The van der Waals surface area contributed by atoms with Crippen LogP contribution in [-0.2, 0) is 0 Å². The Bertz CT molecular complexity index is 1010. The van der Waals surface area contributed by atoms with Gasteiger partial charge in [0.15, 0.2) is 5.69 Å². The summed E-state index contributed by atoms with van der Waals surface area (Å²) in [5.74, 6) is 0.138. The lowest BCUT2D eigenvalue weighted by molar-refractivity contribution is 0.0752. The highest BCUT2D eigenvalue weighted by Crippen LogP contribution is 2.24. The molecule has 0 aliphatic carbocycles. The number of para-hydroxylation sites is 2. The molecule has 0 aliphatic rings. The average Bonchev–Trinajstić information content (AvgIpc) is 3.13. The minimum absolute atomic E-state index is 0.155. The maximum atomic E-state index is 13.1. The van der Waals surface area contributed by atoms with Crippen LogP contribution in [0.5, 0.6) is 5.75 Å². The van der Waals surface area contributed by atoms with Gasteiger partial charge < -0.3 is 15.0 Å². The number of benzene rings is 1. The van der Waals surface area contributed by atoms with Crippen LogP contribution in [0.2, 0.25) is 0 Å². The van der Waals surface area contributed by atoms with Crippen LogP contribution >= 0.6 is 0 Å². The Hall–Kier alpha value is -3.35. The fraction of sp³-hybridized carbons (Fsp3) is 0.318. The summed E-state index contributed by atoms with van der Waals surface area (Å²) in [7, 11) is 1.54. The van der Waals surface area contributed by atoms with Crippen molar-refractivity contribution >= 4 is 23.0 Å². The molecule has 0 atom stereocenters. The van der Waals surface area contributed by atoms with Crippen LogP contribution in [0, 0.1) is 0 Å². The van der Waals surface area contributed by atoms with Crippen LogP contribution in [0.15, 0.2) is 48.7 Å². The van der Waals surface area contributed by atoms with Crippen molar-refractivity contribution in [1.29, 1.82) is 0 Å². The van der Waals surface area contributed by atoms with E-state index in [1.54, 1.807) is 46.9 Å². The SMILES string of the molecule is CCCN(CCC)C(=O)c1nc(C(=O)Nc2ccccc2OC)n2ccccc12. The third-order valence-corrected chi connectivity index (χ3v) is 4.58. The van der Waals surface area contributed by atoms with Crippen molar-refractivity contribution in [2.75, 3.05) is 25.5 Å². The van der Waals surface area contributed by atoms with Crippen molar-refractivity contribution < 1.29 is 14.3 Å². The highest BCUT2D eigenvalue weighted by atomic mass is 16.5. The first-order valence-corrected chi connectivity index (χ1v) is 9.81. The van der Waals surface area contributed by atoms with Crippen LogP contribution in [0.1, 0.15) is 47.8 Å². The number of rotatable bonds is 8. The number of amides is 2. The van der Waals surface area contributed by atoms with E-state index in [9.17, 15) is 9.59 Å². The molecule has 0 saturated carbocycles. The third kappa shape index (κ3) is 4.23. The molecule has 0 radical (unpaired) electrons. The molecule has 2 heterocycles. The highest BCUT2D eigenvalue weighted by molar-refractivity contribution is 6.06. The van der Waals surface area contributed by atoms with Crippen LogP contribution in [0.3, 0.4) is 0 Å². The molecule has 0 unspecified atom stereocenters. The number of carbonyl (C=O) groups excluding carboxylic acids is 2. The largest absolute Gasteiger partial charge is 0.495 e. The number of imidazole rings is 1. The molecule has 0 aliphatic heterocycles. The number of fused-ring (bicyclic) bond motifs is 1. The molecule has 3 aromatic rings. The predicted octanol–water partition coefficient (Wildman–Crippen LogP) is 3.86. The van der Waals surface area contributed by atoms with Gasteiger partial charge in [0.05, 0.1) is 18.3 Å². The lowest BCUT2D eigenvalue weighted by Gasteiger charge is -2.20. The van der Waals surface area contributed by atoms with Crippen molar-refractivity contribution in [2.45, 2.75) is 26.7 Å². The first kappa shape index (κ1) is 20.4. The molecule has 1 N–H and O–H groups in total. The minimum Gasteiger partial charge on any atom is -0.495 e. The van der Waals surface area contributed by atoms with E-state index >= 15 is 0 Å². The molecular weight excluding hydrogens is 368 g/mol. The smallest absolute Gasteiger partial charge is 0.292 e. The molecule has 0 fully saturated rings. The Morgan fingerprint density at radius 1 is 1.07 bits per heavy atom. The monoisotopic (exact) mass is 394 g/mol. The van der Waals surface area contributed by atoms with Gasteiger partial charge in [0.1, 0.15) is 5.75 Å². The molecule has 0 spiro atoms. The van der Waals surface area contributed by atoms with Gasteiger partial charge in [0.2, 0.25) is 5.82 Å². The van der Waals surface area contributed by atoms with E-state index in [1.165, 1.54) is 0 Å². The van der Waals surface area contributed by atoms with E-state index in [4.69, 9.17) is 4.74 Å². The standard InChI is InChI=1S/C22H26N4O3/c1-4-13-25(14-5-2)22(28)19-17-11-8-9-15-26(17)20(24-19)21(27)23-16-10-6-7-12-18(16)29-3/h6-12,15H,4-5,13-14H2,1-3H3,(H,23,27). The van der Waals surface area contributed by atoms with Crippen molar-refractivity contribution in [3.05, 3.63) is 60.2 Å². The fourth-order valence-electron chi connectivity index (χ4n) is 3.29. The Balaban J connectivity index is 1.99. The molecular formula is C22H26N4O3. The summed E-state index contributed by atoms with van der Waals surface area (Å²) in [6.07, 6.45) is 3.46. The summed E-state index contributed by atoms with van der Waals surface area (Å²) in [5.41, 5.74) is 1.44. The summed E-state index contributed by atoms with van der Waals surface area (Å²) in [6, 6.07) is 12.6.